The van der Waals surface area contributed by atoms with E-state index in [-0.39, 0.29) is 18.4 Å². The van der Waals surface area contributed by atoms with Crippen LogP contribution in [-0.2, 0) is 14.3 Å². The van der Waals surface area contributed by atoms with Gasteiger partial charge in [-0.05, 0) is 65.3 Å². The Balaban J connectivity index is 1.52. The highest BCUT2D eigenvalue weighted by atomic mass is 79.9. The van der Waals surface area contributed by atoms with Crippen LogP contribution >= 0.6 is 27.3 Å². The van der Waals surface area contributed by atoms with Crippen LogP contribution < -0.4 is 10.2 Å². The molecule has 0 bridgehead atoms. The predicted octanol–water partition coefficient (Wildman–Crippen LogP) is 3.85. The number of ether oxygens (including phenoxy) is 1. The van der Waals surface area contributed by atoms with Crippen molar-refractivity contribution in [1.29, 1.82) is 0 Å². The van der Waals surface area contributed by atoms with Crippen molar-refractivity contribution < 1.29 is 14.3 Å². The molecule has 0 unspecified atom stereocenters. The fourth-order valence-electron chi connectivity index (χ4n) is 2.97. The number of anilines is 2. The lowest BCUT2D eigenvalue weighted by Gasteiger charge is -2.29. The molecule has 0 aliphatic carbocycles. The first-order valence-corrected chi connectivity index (χ1v) is 11.1. The lowest BCUT2D eigenvalue weighted by atomic mass is 10.2. The Kier molecular flexibility index (Phi) is 7.85. The number of rotatable bonds is 7. The second-order valence-electron chi connectivity index (χ2n) is 6.52. The molecule has 2 heterocycles. The second-order valence-corrected chi connectivity index (χ2v) is 9.02. The third kappa shape index (κ3) is 6.42. The molecule has 1 aromatic carbocycles. The zero-order chi connectivity index (χ0) is 20.6. The van der Waals surface area contributed by atoms with Crippen molar-refractivity contribution in [1.82, 2.24) is 4.90 Å². The Morgan fingerprint density at radius 2 is 1.93 bits per heavy atom. The minimum Gasteiger partial charge on any atom is -0.378 e. The van der Waals surface area contributed by atoms with Crippen LogP contribution in [0.5, 0.6) is 0 Å². The van der Waals surface area contributed by atoms with E-state index in [1.54, 1.807) is 17.4 Å². The van der Waals surface area contributed by atoms with E-state index in [2.05, 4.69) is 26.1 Å². The van der Waals surface area contributed by atoms with Gasteiger partial charge in [0.05, 0.1) is 17.0 Å². The lowest BCUT2D eigenvalue weighted by Crippen LogP contribution is -2.37. The molecule has 2 amide bonds. The first kappa shape index (κ1) is 21.5. The Morgan fingerprint density at radius 1 is 1.21 bits per heavy atom. The van der Waals surface area contributed by atoms with Gasteiger partial charge in [-0.25, -0.2) is 0 Å². The Bertz CT molecular complexity index is 860. The number of halogens is 1. The topological polar surface area (TPSA) is 61.9 Å². The number of carbonyl (C=O) groups is 2. The smallest absolute Gasteiger partial charge is 0.247 e. The van der Waals surface area contributed by atoms with Crippen molar-refractivity contribution in [3.8, 4) is 0 Å². The average Bonchev–Trinajstić information content (AvgIpc) is 3.16. The molecule has 29 heavy (non-hydrogen) atoms. The number of hydrogen-bond donors (Lipinski definition) is 1. The first-order chi connectivity index (χ1) is 14.0. The Hall–Kier alpha value is -2.16. The fraction of sp³-hybridized carbons (Fsp3) is 0.333. The van der Waals surface area contributed by atoms with Crippen molar-refractivity contribution in [2.24, 2.45) is 0 Å². The highest BCUT2D eigenvalue weighted by Crippen LogP contribution is 2.23. The molecule has 154 valence electrons. The number of amides is 2. The normalized spacial score (nSPS) is 14.2. The number of nitrogens with zero attached hydrogens (tertiary/aromatic N) is 2. The van der Waals surface area contributed by atoms with Crippen LogP contribution in [-0.4, -0.2) is 56.1 Å². The number of hydrogen-bond acceptors (Lipinski definition) is 5. The van der Waals surface area contributed by atoms with Gasteiger partial charge in [0.2, 0.25) is 11.8 Å². The van der Waals surface area contributed by atoms with E-state index in [0.717, 1.165) is 46.3 Å². The summed E-state index contributed by atoms with van der Waals surface area (Å²) in [4.78, 5) is 29.5. The molecule has 0 atom stereocenters. The van der Waals surface area contributed by atoms with E-state index in [9.17, 15) is 9.59 Å². The first-order valence-electron chi connectivity index (χ1n) is 9.50. The van der Waals surface area contributed by atoms with E-state index in [1.807, 2.05) is 43.3 Å². The zero-order valence-electron chi connectivity index (χ0n) is 16.3. The van der Waals surface area contributed by atoms with Crippen molar-refractivity contribution in [2.75, 3.05) is 49.6 Å². The van der Waals surface area contributed by atoms with Crippen LogP contribution in [0.15, 0.2) is 46.3 Å². The standard InChI is InChI=1S/C21H24BrN3O3S/c1-2-24(21(27)10-8-18-7-9-19(22)29-18)15-20(26)23-16-3-5-17(6-4-16)25-11-13-28-14-12-25/h3-10H,2,11-15H2,1H3,(H,23,26)/b10-8+. The van der Waals surface area contributed by atoms with Gasteiger partial charge >= 0.3 is 0 Å². The summed E-state index contributed by atoms with van der Waals surface area (Å²) in [6.07, 6.45) is 3.27. The maximum absolute atomic E-state index is 12.4. The van der Waals surface area contributed by atoms with Gasteiger partial charge in [0.1, 0.15) is 6.54 Å². The number of carbonyl (C=O) groups excluding carboxylic acids is 2. The molecule has 2 aromatic rings. The number of nitrogens with one attached hydrogen (secondary N) is 1. The zero-order valence-corrected chi connectivity index (χ0v) is 18.7. The number of likely N-dealkylation sites (N-methyl/N-ethyl adjacent to an activating group) is 1. The maximum atomic E-state index is 12.4. The van der Waals surface area contributed by atoms with Gasteiger partial charge < -0.3 is 19.9 Å². The molecule has 1 saturated heterocycles. The largest absolute Gasteiger partial charge is 0.378 e. The molecule has 1 aliphatic heterocycles. The van der Waals surface area contributed by atoms with Crippen molar-refractivity contribution in [3.05, 3.63) is 51.1 Å². The molecule has 1 fully saturated rings. The van der Waals surface area contributed by atoms with Gasteiger partial charge in [0, 0.05) is 42.0 Å². The molecule has 8 heteroatoms. The van der Waals surface area contributed by atoms with E-state index in [0.29, 0.717) is 6.54 Å². The van der Waals surface area contributed by atoms with Gasteiger partial charge in [-0.3, -0.25) is 9.59 Å². The highest BCUT2D eigenvalue weighted by Gasteiger charge is 2.14. The maximum Gasteiger partial charge on any atom is 0.247 e. The predicted molar refractivity (Wildman–Crippen MR) is 121 cm³/mol. The summed E-state index contributed by atoms with van der Waals surface area (Å²) in [7, 11) is 0. The van der Waals surface area contributed by atoms with Crippen LogP contribution in [0.2, 0.25) is 0 Å². The average molecular weight is 478 g/mol. The van der Waals surface area contributed by atoms with Crippen LogP contribution in [0.1, 0.15) is 11.8 Å². The molecular weight excluding hydrogens is 454 g/mol. The van der Waals surface area contributed by atoms with E-state index < -0.39 is 0 Å². The molecule has 0 radical (unpaired) electrons. The van der Waals surface area contributed by atoms with Gasteiger partial charge in [0.25, 0.3) is 0 Å². The van der Waals surface area contributed by atoms with Crippen molar-refractivity contribution in [2.45, 2.75) is 6.92 Å². The summed E-state index contributed by atoms with van der Waals surface area (Å²) < 4.78 is 6.38. The van der Waals surface area contributed by atoms with Crippen LogP contribution in [0.4, 0.5) is 11.4 Å². The second kappa shape index (κ2) is 10.6. The van der Waals surface area contributed by atoms with Crippen LogP contribution in [0.25, 0.3) is 6.08 Å². The molecule has 3 rings (SSSR count). The summed E-state index contributed by atoms with van der Waals surface area (Å²) in [6, 6.07) is 11.6. The Morgan fingerprint density at radius 3 is 2.55 bits per heavy atom. The van der Waals surface area contributed by atoms with Crippen molar-refractivity contribution in [3.63, 3.8) is 0 Å². The monoisotopic (exact) mass is 477 g/mol. The summed E-state index contributed by atoms with van der Waals surface area (Å²) >= 11 is 4.95. The molecule has 0 spiro atoms. The fourth-order valence-corrected chi connectivity index (χ4v) is 4.30. The summed E-state index contributed by atoms with van der Waals surface area (Å²) in [6.45, 7) is 5.54. The van der Waals surface area contributed by atoms with E-state index in [4.69, 9.17) is 4.74 Å². The highest BCUT2D eigenvalue weighted by molar-refractivity contribution is 9.11. The van der Waals surface area contributed by atoms with E-state index >= 15 is 0 Å². The minimum atomic E-state index is -0.216. The summed E-state index contributed by atoms with van der Waals surface area (Å²) in [5.41, 5.74) is 1.83. The molecular formula is C21H24BrN3O3S. The quantitative estimate of drug-likeness (QED) is 0.615. The summed E-state index contributed by atoms with van der Waals surface area (Å²) in [5, 5.41) is 2.86. The third-order valence-electron chi connectivity index (χ3n) is 4.54. The van der Waals surface area contributed by atoms with Gasteiger partial charge in [-0.2, -0.15) is 0 Å². The van der Waals surface area contributed by atoms with Crippen molar-refractivity contribution >= 4 is 56.5 Å². The van der Waals surface area contributed by atoms with E-state index in [1.165, 1.54) is 11.0 Å². The SMILES string of the molecule is CCN(CC(=O)Nc1ccc(N2CCOCC2)cc1)C(=O)/C=C/c1ccc(Br)s1. The molecule has 1 N–H and O–H groups in total. The lowest BCUT2D eigenvalue weighted by molar-refractivity contribution is -0.130. The van der Waals surface area contributed by atoms with Crippen LogP contribution in [0.3, 0.4) is 0 Å². The van der Waals surface area contributed by atoms with Gasteiger partial charge in [-0.1, -0.05) is 0 Å². The number of thiophene rings is 1. The number of benzene rings is 1. The number of morpholine rings is 1. The van der Waals surface area contributed by atoms with Gasteiger partial charge in [0.15, 0.2) is 0 Å². The Labute approximate surface area is 183 Å². The molecule has 1 aliphatic rings. The van der Waals surface area contributed by atoms with Crippen LogP contribution in [0, 0.1) is 0 Å². The molecule has 0 saturated carbocycles. The van der Waals surface area contributed by atoms with Gasteiger partial charge in [-0.15, -0.1) is 11.3 Å². The molecule has 1 aromatic heterocycles. The summed E-state index contributed by atoms with van der Waals surface area (Å²) in [5.74, 6) is -0.401. The molecule has 6 nitrogen and oxygen atoms in total. The minimum absolute atomic E-state index is 0.0129. The third-order valence-corrected chi connectivity index (χ3v) is 6.13.